The van der Waals surface area contributed by atoms with Gasteiger partial charge >= 0.3 is 5.97 Å². The van der Waals surface area contributed by atoms with Gasteiger partial charge in [0.25, 0.3) is 0 Å². The molecule has 1 aliphatic rings. The van der Waals surface area contributed by atoms with Crippen molar-refractivity contribution in [3.05, 3.63) is 36.2 Å². The Hall–Kier alpha value is -2.63. The molecule has 0 radical (unpaired) electrons. The van der Waals surface area contributed by atoms with E-state index in [0.29, 0.717) is 28.4 Å². The van der Waals surface area contributed by atoms with Crippen LogP contribution in [0, 0.1) is 5.92 Å². The summed E-state index contributed by atoms with van der Waals surface area (Å²) in [4.78, 5) is 16.2. The van der Waals surface area contributed by atoms with Crippen molar-refractivity contribution in [3.63, 3.8) is 0 Å². The van der Waals surface area contributed by atoms with Crippen LogP contribution in [0.4, 0.5) is 0 Å². The molecule has 3 aromatic rings. The van der Waals surface area contributed by atoms with E-state index in [1.54, 1.807) is 24.6 Å². The van der Waals surface area contributed by atoms with E-state index < -0.39 is 5.97 Å². The van der Waals surface area contributed by atoms with Crippen LogP contribution in [0.2, 0.25) is 0 Å². The average molecular weight is 297 g/mol. The fraction of sp³-hybridized carbons (Fsp3) is 0.312. The van der Waals surface area contributed by atoms with E-state index in [0.717, 1.165) is 0 Å². The van der Waals surface area contributed by atoms with E-state index >= 15 is 0 Å². The molecule has 1 atom stereocenters. The first-order valence-corrected chi connectivity index (χ1v) is 7.30. The Morgan fingerprint density at radius 3 is 2.95 bits per heavy atom. The second-order valence-corrected chi connectivity index (χ2v) is 5.74. The second-order valence-electron chi connectivity index (χ2n) is 5.74. The third-order valence-electron chi connectivity index (χ3n) is 4.26. The highest BCUT2D eigenvalue weighted by Crippen LogP contribution is 2.40. The van der Waals surface area contributed by atoms with Crippen molar-refractivity contribution < 1.29 is 14.3 Å². The summed E-state index contributed by atoms with van der Waals surface area (Å²) in [7, 11) is 0. The highest BCUT2D eigenvalue weighted by molar-refractivity contribution is 6.02. The van der Waals surface area contributed by atoms with Crippen LogP contribution in [0.15, 0.2) is 35.1 Å². The lowest BCUT2D eigenvalue weighted by Crippen LogP contribution is -2.10. The number of carboxylic acids is 1. The average Bonchev–Trinajstić information content (AvgIpc) is 3.05. The van der Waals surface area contributed by atoms with Crippen molar-refractivity contribution in [1.29, 1.82) is 0 Å². The Morgan fingerprint density at radius 1 is 1.50 bits per heavy atom. The Labute approximate surface area is 126 Å². The smallest absolute Gasteiger partial charge is 0.336 e. The van der Waals surface area contributed by atoms with Crippen molar-refractivity contribution in [3.8, 4) is 11.5 Å². The fourth-order valence-electron chi connectivity index (χ4n) is 2.82. The van der Waals surface area contributed by atoms with Crippen molar-refractivity contribution in [2.24, 2.45) is 5.92 Å². The van der Waals surface area contributed by atoms with Gasteiger partial charge in [0.15, 0.2) is 11.4 Å². The molecule has 1 aliphatic carbocycles. The van der Waals surface area contributed by atoms with Crippen molar-refractivity contribution in [2.45, 2.75) is 25.8 Å². The van der Waals surface area contributed by atoms with E-state index in [1.807, 2.05) is 4.68 Å². The fourth-order valence-corrected chi connectivity index (χ4v) is 2.82. The molecule has 0 aliphatic heterocycles. The van der Waals surface area contributed by atoms with Crippen LogP contribution in [0.1, 0.15) is 36.2 Å². The van der Waals surface area contributed by atoms with Crippen LogP contribution in [0.25, 0.3) is 22.5 Å². The molecule has 0 saturated heterocycles. The van der Waals surface area contributed by atoms with E-state index in [1.165, 1.54) is 18.9 Å². The summed E-state index contributed by atoms with van der Waals surface area (Å²) in [6.45, 7) is 2.10. The Bertz CT molecular complexity index is 847. The van der Waals surface area contributed by atoms with Gasteiger partial charge in [-0.25, -0.2) is 14.5 Å². The molecule has 3 aromatic heterocycles. The predicted molar refractivity (Wildman–Crippen MR) is 79.6 cm³/mol. The number of furan rings is 1. The Morgan fingerprint density at radius 2 is 2.32 bits per heavy atom. The standard InChI is InChI=1S/C16H15N3O3/c1-9(10-4-5-10)19-15-12(8-17-19)11(16(20)21)7-13(18-15)14-3-2-6-22-14/h2-3,6-10H,4-5H2,1H3,(H,20,21). The summed E-state index contributed by atoms with van der Waals surface area (Å²) in [5.74, 6) is 0.167. The van der Waals surface area contributed by atoms with Crippen LogP contribution < -0.4 is 0 Å². The van der Waals surface area contributed by atoms with Crippen LogP contribution >= 0.6 is 0 Å². The van der Waals surface area contributed by atoms with Gasteiger partial charge in [-0.05, 0) is 43.9 Å². The molecule has 0 amide bonds. The summed E-state index contributed by atoms with van der Waals surface area (Å²) in [6.07, 6.45) is 5.51. The number of hydrogen-bond donors (Lipinski definition) is 1. The number of hydrogen-bond acceptors (Lipinski definition) is 4. The first-order valence-electron chi connectivity index (χ1n) is 7.30. The van der Waals surface area contributed by atoms with Gasteiger partial charge in [0.1, 0.15) is 5.69 Å². The highest BCUT2D eigenvalue weighted by atomic mass is 16.4. The lowest BCUT2D eigenvalue weighted by molar-refractivity contribution is 0.0699. The van der Waals surface area contributed by atoms with Gasteiger partial charge in [0, 0.05) is 0 Å². The number of nitrogens with zero attached hydrogens (tertiary/aromatic N) is 3. The maximum absolute atomic E-state index is 11.6. The van der Waals surface area contributed by atoms with E-state index in [-0.39, 0.29) is 11.6 Å². The zero-order valence-corrected chi connectivity index (χ0v) is 12.1. The van der Waals surface area contributed by atoms with Gasteiger partial charge in [-0.3, -0.25) is 0 Å². The highest BCUT2D eigenvalue weighted by Gasteiger charge is 2.31. The number of pyridine rings is 1. The molecule has 1 fully saturated rings. The third-order valence-corrected chi connectivity index (χ3v) is 4.26. The minimum atomic E-state index is -0.987. The monoisotopic (exact) mass is 297 g/mol. The number of carboxylic acid groups (broad SMARTS) is 1. The molecule has 22 heavy (non-hydrogen) atoms. The molecule has 3 heterocycles. The van der Waals surface area contributed by atoms with Crippen LogP contribution in [-0.4, -0.2) is 25.8 Å². The van der Waals surface area contributed by atoms with Crippen molar-refractivity contribution >= 4 is 17.0 Å². The van der Waals surface area contributed by atoms with E-state index in [4.69, 9.17) is 4.42 Å². The first-order chi connectivity index (χ1) is 10.6. The summed E-state index contributed by atoms with van der Waals surface area (Å²) < 4.78 is 7.19. The largest absolute Gasteiger partial charge is 0.478 e. The van der Waals surface area contributed by atoms with Gasteiger partial charge < -0.3 is 9.52 Å². The summed E-state index contributed by atoms with van der Waals surface area (Å²) >= 11 is 0. The molecule has 112 valence electrons. The lowest BCUT2D eigenvalue weighted by Gasteiger charge is -2.12. The molecule has 4 rings (SSSR count). The molecule has 0 spiro atoms. The van der Waals surface area contributed by atoms with E-state index in [2.05, 4.69) is 17.0 Å². The molecule has 1 N–H and O–H groups in total. The van der Waals surface area contributed by atoms with Gasteiger partial charge in [-0.1, -0.05) is 0 Å². The second kappa shape index (κ2) is 4.69. The van der Waals surface area contributed by atoms with E-state index in [9.17, 15) is 9.90 Å². The molecule has 0 bridgehead atoms. The number of rotatable bonds is 4. The number of aromatic nitrogens is 3. The first kappa shape index (κ1) is 13.1. The molecular weight excluding hydrogens is 282 g/mol. The topological polar surface area (TPSA) is 81.2 Å². The minimum Gasteiger partial charge on any atom is -0.478 e. The molecule has 6 heteroatoms. The SMILES string of the molecule is CC(C1CC1)n1ncc2c(C(=O)O)cc(-c3ccco3)nc21. The lowest BCUT2D eigenvalue weighted by atomic mass is 10.1. The number of aromatic carboxylic acids is 1. The molecule has 1 saturated carbocycles. The minimum absolute atomic E-state index is 0.200. The maximum Gasteiger partial charge on any atom is 0.336 e. The number of carbonyl (C=O) groups is 1. The Kier molecular flexibility index (Phi) is 2.79. The van der Waals surface area contributed by atoms with Crippen molar-refractivity contribution in [2.75, 3.05) is 0 Å². The van der Waals surface area contributed by atoms with Gasteiger partial charge in [0.05, 0.1) is 29.5 Å². The summed E-state index contributed by atoms with van der Waals surface area (Å²) in [5.41, 5.74) is 1.32. The maximum atomic E-state index is 11.6. The zero-order valence-electron chi connectivity index (χ0n) is 12.1. The summed E-state index contributed by atoms with van der Waals surface area (Å²) in [6, 6.07) is 5.28. The number of fused-ring (bicyclic) bond motifs is 1. The molecule has 1 unspecified atom stereocenters. The van der Waals surface area contributed by atoms with Crippen molar-refractivity contribution in [1.82, 2.24) is 14.8 Å². The van der Waals surface area contributed by atoms with Crippen LogP contribution in [-0.2, 0) is 0 Å². The molecule has 6 nitrogen and oxygen atoms in total. The molecular formula is C16H15N3O3. The van der Waals surface area contributed by atoms with Crippen LogP contribution in [0.5, 0.6) is 0 Å². The van der Waals surface area contributed by atoms with Gasteiger partial charge in [0.2, 0.25) is 0 Å². The zero-order chi connectivity index (χ0) is 15.3. The van der Waals surface area contributed by atoms with Gasteiger partial charge in [-0.15, -0.1) is 0 Å². The van der Waals surface area contributed by atoms with Crippen LogP contribution in [0.3, 0.4) is 0 Å². The molecule has 0 aromatic carbocycles. The normalized spacial score (nSPS) is 16.0. The Balaban J connectivity index is 1.95. The third kappa shape index (κ3) is 1.99. The predicted octanol–water partition coefficient (Wildman–Crippen LogP) is 3.36. The summed E-state index contributed by atoms with van der Waals surface area (Å²) in [5, 5.41) is 14.4. The quantitative estimate of drug-likeness (QED) is 0.798. The van der Waals surface area contributed by atoms with Gasteiger partial charge in [-0.2, -0.15) is 5.10 Å².